The molecule has 0 aliphatic heterocycles. The third kappa shape index (κ3) is 24.2. The fourth-order valence-corrected chi connectivity index (χ4v) is 0. The summed E-state index contributed by atoms with van der Waals surface area (Å²) in [5.74, 6) is 2.21. The molecular weight excluding hydrogens is 193 g/mol. The molecular formula is C3H5BrCuN. The fourth-order valence-electron chi connectivity index (χ4n) is 0. The Kier molecular flexibility index (Phi) is 47.5. The van der Waals surface area contributed by atoms with Gasteiger partial charge in [-0.25, -0.2) is 0 Å². The van der Waals surface area contributed by atoms with E-state index in [1.807, 2.05) is 0 Å². The molecule has 0 unspecified atom stereocenters. The molecule has 6 heavy (non-hydrogen) atoms. The molecule has 0 aromatic carbocycles. The minimum Gasteiger partial charge on any atom is -1.00 e. The first-order valence-electron chi connectivity index (χ1n) is 1.05. The van der Waals surface area contributed by atoms with Gasteiger partial charge in [0, 0.05) is 0 Å². The van der Waals surface area contributed by atoms with E-state index in [1.165, 1.54) is 0 Å². The second kappa shape index (κ2) is 17.8. The van der Waals surface area contributed by atoms with Gasteiger partial charge >= 0.3 is 17.1 Å². The first-order chi connectivity index (χ1) is 1.91. The van der Waals surface area contributed by atoms with Crippen LogP contribution in [0.15, 0.2) is 0 Å². The van der Waals surface area contributed by atoms with Crippen LogP contribution in [0.3, 0.4) is 0 Å². The average molecular weight is 199 g/mol. The Hall–Kier alpha value is 0.519. The van der Waals surface area contributed by atoms with Crippen LogP contribution in [0.4, 0.5) is 0 Å². The van der Waals surface area contributed by atoms with Crippen molar-refractivity contribution in [1.82, 2.24) is 0 Å². The van der Waals surface area contributed by atoms with Crippen molar-refractivity contribution in [3.8, 4) is 12.3 Å². The van der Waals surface area contributed by atoms with E-state index in [0.29, 0.717) is 6.54 Å². The number of hydrogen-bond donors (Lipinski definition) is 1. The normalized spacial score (nSPS) is 3.33. The van der Waals surface area contributed by atoms with E-state index < -0.39 is 0 Å². The molecule has 0 atom stereocenters. The smallest absolute Gasteiger partial charge is 1.00 e. The van der Waals surface area contributed by atoms with Crippen molar-refractivity contribution in [3.05, 3.63) is 0 Å². The van der Waals surface area contributed by atoms with Crippen molar-refractivity contribution in [2.45, 2.75) is 0 Å². The number of terminal acetylenes is 1. The summed E-state index contributed by atoms with van der Waals surface area (Å²) in [5.41, 5.74) is 4.79. The minimum atomic E-state index is 0. The molecule has 0 saturated heterocycles. The summed E-state index contributed by atoms with van der Waals surface area (Å²) in [4.78, 5) is 0. The summed E-state index contributed by atoms with van der Waals surface area (Å²) in [6.07, 6.45) is 4.65. The van der Waals surface area contributed by atoms with Crippen LogP contribution in [0.25, 0.3) is 0 Å². The maximum absolute atomic E-state index is 4.79. The zero-order valence-corrected chi connectivity index (χ0v) is 5.57. The SMILES string of the molecule is C#CCN.[Br-].[Cu+]. The quantitative estimate of drug-likeness (QED) is 0.319. The second-order valence-corrected chi connectivity index (χ2v) is 0.408. The van der Waals surface area contributed by atoms with E-state index in [1.54, 1.807) is 0 Å². The molecule has 2 N–H and O–H groups in total. The van der Waals surface area contributed by atoms with Gasteiger partial charge in [-0.3, -0.25) is 0 Å². The van der Waals surface area contributed by atoms with Gasteiger partial charge < -0.3 is 22.7 Å². The van der Waals surface area contributed by atoms with Gasteiger partial charge in [-0.15, -0.1) is 6.42 Å². The van der Waals surface area contributed by atoms with Crippen LogP contribution in [0.1, 0.15) is 0 Å². The monoisotopic (exact) mass is 197 g/mol. The maximum atomic E-state index is 4.79. The van der Waals surface area contributed by atoms with E-state index in [-0.39, 0.29) is 34.1 Å². The summed E-state index contributed by atoms with van der Waals surface area (Å²) >= 11 is 0. The predicted molar refractivity (Wildman–Crippen MR) is 17.9 cm³/mol. The molecule has 0 radical (unpaired) electrons. The number of nitrogens with two attached hydrogens (primary N) is 1. The first kappa shape index (κ1) is 16.0. The molecule has 0 amide bonds. The molecule has 0 bridgehead atoms. The molecule has 0 fully saturated rings. The minimum absolute atomic E-state index is 0. The fraction of sp³-hybridized carbons (Fsp3) is 0.333. The van der Waals surface area contributed by atoms with Gasteiger partial charge in [0.05, 0.1) is 6.54 Å². The van der Waals surface area contributed by atoms with Crippen molar-refractivity contribution in [3.63, 3.8) is 0 Å². The summed E-state index contributed by atoms with van der Waals surface area (Å²) < 4.78 is 0. The second-order valence-electron chi connectivity index (χ2n) is 0.408. The Morgan fingerprint density at radius 2 is 1.83 bits per heavy atom. The molecule has 0 heterocycles. The molecule has 3 heteroatoms. The van der Waals surface area contributed by atoms with Crippen LogP contribution in [0.2, 0.25) is 0 Å². The number of halogens is 1. The maximum Gasteiger partial charge on any atom is 1.00 e. The topological polar surface area (TPSA) is 26.0 Å². The average Bonchev–Trinajstić information content (AvgIpc) is 1.37. The summed E-state index contributed by atoms with van der Waals surface area (Å²) in [6.45, 7) is 0.347. The van der Waals surface area contributed by atoms with Gasteiger partial charge in [-0.2, -0.15) is 0 Å². The predicted octanol–water partition coefficient (Wildman–Crippen LogP) is -3.42. The van der Waals surface area contributed by atoms with Gasteiger partial charge in [0.2, 0.25) is 0 Å². The van der Waals surface area contributed by atoms with E-state index in [9.17, 15) is 0 Å². The van der Waals surface area contributed by atoms with E-state index in [2.05, 4.69) is 12.3 Å². The Bertz CT molecular complexity index is 40.5. The van der Waals surface area contributed by atoms with Crippen LogP contribution < -0.4 is 22.7 Å². The summed E-state index contributed by atoms with van der Waals surface area (Å²) in [7, 11) is 0. The van der Waals surface area contributed by atoms with Crippen LogP contribution in [-0.2, 0) is 17.1 Å². The van der Waals surface area contributed by atoms with Crippen molar-refractivity contribution >= 4 is 0 Å². The van der Waals surface area contributed by atoms with E-state index >= 15 is 0 Å². The Morgan fingerprint density at radius 1 is 1.67 bits per heavy atom. The van der Waals surface area contributed by atoms with Crippen molar-refractivity contribution in [2.75, 3.05) is 6.54 Å². The van der Waals surface area contributed by atoms with Crippen LogP contribution in [0.5, 0.6) is 0 Å². The van der Waals surface area contributed by atoms with Crippen LogP contribution >= 0.6 is 0 Å². The first-order valence-corrected chi connectivity index (χ1v) is 1.05. The molecule has 0 saturated carbocycles. The Labute approximate surface area is 58.9 Å². The van der Waals surface area contributed by atoms with Crippen molar-refractivity contribution in [1.29, 1.82) is 0 Å². The zero-order valence-electron chi connectivity index (χ0n) is 3.04. The molecule has 0 spiro atoms. The van der Waals surface area contributed by atoms with Gasteiger partial charge in [0.1, 0.15) is 0 Å². The molecule has 0 aliphatic carbocycles. The van der Waals surface area contributed by atoms with E-state index in [0.717, 1.165) is 0 Å². The molecule has 1 nitrogen and oxygen atoms in total. The van der Waals surface area contributed by atoms with Crippen LogP contribution in [-0.4, -0.2) is 6.54 Å². The zero-order chi connectivity index (χ0) is 3.41. The Balaban J connectivity index is -0.0000000450. The van der Waals surface area contributed by atoms with Crippen molar-refractivity contribution in [2.24, 2.45) is 5.73 Å². The standard InChI is InChI=1S/C3H5N.BrH.Cu/c1-2-3-4;;/h1H,3-4H2;1H;/q;;+1/p-1. The number of rotatable bonds is 0. The van der Waals surface area contributed by atoms with Gasteiger partial charge in [-0.1, -0.05) is 5.92 Å². The summed E-state index contributed by atoms with van der Waals surface area (Å²) in [6, 6.07) is 0. The van der Waals surface area contributed by atoms with Crippen molar-refractivity contribution < 1.29 is 34.1 Å². The third-order valence-corrected chi connectivity index (χ3v) is 0.118. The molecule has 0 rings (SSSR count). The van der Waals surface area contributed by atoms with Gasteiger partial charge in [0.15, 0.2) is 0 Å². The van der Waals surface area contributed by atoms with Gasteiger partial charge in [-0.05, 0) is 0 Å². The molecule has 0 aromatic heterocycles. The van der Waals surface area contributed by atoms with Crippen LogP contribution in [0, 0.1) is 12.3 Å². The summed E-state index contributed by atoms with van der Waals surface area (Å²) in [5, 5.41) is 0. The largest absolute Gasteiger partial charge is 1.00 e. The van der Waals surface area contributed by atoms with E-state index in [4.69, 9.17) is 5.73 Å². The molecule has 0 aromatic rings. The molecule has 40 valence electrons. The number of hydrogen-bond acceptors (Lipinski definition) is 1. The Morgan fingerprint density at radius 3 is 1.83 bits per heavy atom. The molecule has 0 aliphatic rings. The van der Waals surface area contributed by atoms with Gasteiger partial charge in [0.25, 0.3) is 0 Å². The third-order valence-electron chi connectivity index (χ3n) is 0.118.